The predicted octanol–water partition coefficient (Wildman–Crippen LogP) is 2.69. The maximum absolute atomic E-state index is 12.3. The molecule has 0 aliphatic carbocycles. The minimum Gasteiger partial charge on any atom is -0.479 e. The molecule has 6 heteroatoms. The largest absolute Gasteiger partial charge is 0.479 e. The van der Waals surface area contributed by atoms with Gasteiger partial charge in [0.25, 0.3) is 0 Å². The van der Waals surface area contributed by atoms with Crippen LogP contribution in [0.15, 0.2) is 18.2 Å². The smallest absolute Gasteiger partial charge is 0.340 e. The number of esters is 1. The van der Waals surface area contributed by atoms with E-state index >= 15 is 0 Å². The van der Waals surface area contributed by atoms with Crippen molar-refractivity contribution in [2.45, 2.75) is 13.8 Å². The molecule has 0 heterocycles. The van der Waals surface area contributed by atoms with E-state index in [1.807, 2.05) is 0 Å². The Morgan fingerprint density at radius 1 is 1.41 bits per heavy atom. The van der Waals surface area contributed by atoms with Gasteiger partial charge in [0.1, 0.15) is 12.4 Å². The number of anilines is 1. The molecule has 0 aliphatic heterocycles. The first-order valence-corrected chi connectivity index (χ1v) is 7.06. The van der Waals surface area contributed by atoms with Crippen molar-refractivity contribution in [2.24, 2.45) is 5.41 Å². The van der Waals surface area contributed by atoms with Crippen molar-refractivity contribution in [3.05, 3.63) is 23.8 Å². The molecule has 0 saturated carbocycles. The number of alkyl halides is 1. The second-order valence-corrected chi connectivity index (χ2v) is 5.40. The highest BCUT2D eigenvalue weighted by Crippen LogP contribution is 2.31. The van der Waals surface area contributed by atoms with E-state index in [0.717, 1.165) is 0 Å². The van der Waals surface area contributed by atoms with Crippen LogP contribution in [-0.4, -0.2) is 31.5 Å². The van der Waals surface area contributed by atoms with Crippen LogP contribution in [0.4, 0.5) is 5.69 Å². The van der Waals surface area contributed by atoms with Crippen molar-refractivity contribution < 1.29 is 19.1 Å². The molecule has 118 valence electrons. The van der Waals surface area contributed by atoms with Crippen molar-refractivity contribution in [2.75, 3.05) is 24.9 Å². The van der Waals surface area contributed by atoms with Gasteiger partial charge in [-0.15, -0.1) is 18.0 Å². The third-order valence-corrected chi connectivity index (χ3v) is 3.60. The summed E-state index contributed by atoms with van der Waals surface area (Å²) in [5.74, 6) is 1.81. The molecule has 1 rings (SSSR count). The van der Waals surface area contributed by atoms with Gasteiger partial charge in [-0.2, -0.15) is 0 Å². The molecule has 5 nitrogen and oxygen atoms in total. The highest BCUT2D eigenvalue weighted by Gasteiger charge is 2.29. The van der Waals surface area contributed by atoms with Crippen molar-refractivity contribution in [1.29, 1.82) is 0 Å². The molecule has 0 aliphatic rings. The highest BCUT2D eigenvalue weighted by molar-refractivity contribution is 6.20. The summed E-state index contributed by atoms with van der Waals surface area (Å²) in [6.45, 7) is 3.39. The Morgan fingerprint density at radius 2 is 2.09 bits per heavy atom. The number of terminal acetylenes is 1. The van der Waals surface area contributed by atoms with Crippen molar-refractivity contribution >= 4 is 29.2 Å². The van der Waals surface area contributed by atoms with Crippen LogP contribution in [0.3, 0.4) is 0 Å². The van der Waals surface area contributed by atoms with E-state index < -0.39 is 11.4 Å². The molecule has 1 N–H and O–H groups in total. The number of benzene rings is 1. The number of carbonyl (C=O) groups excluding carboxylic acids is 2. The maximum Gasteiger partial charge on any atom is 0.340 e. The summed E-state index contributed by atoms with van der Waals surface area (Å²) < 4.78 is 10.1. The summed E-state index contributed by atoms with van der Waals surface area (Å²) in [5.41, 5.74) is -0.419. The first-order valence-electron chi connectivity index (χ1n) is 6.52. The minimum absolute atomic E-state index is 0.00634. The molecule has 1 amide bonds. The molecule has 0 saturated heterocycles. The van der Waals surface area contributed by atoms with E-state index in [9.17, 15) is 9.59 Å². The zero-order chi connectivity index (χ0) is 16.8. The summed E-state index contributed by atoms with van der Waals surface area (Å²) in [5, 5.41) is 2.68. The summed E-state index contributed by atoms with van der Waals surface area (Å²) >= 11 is 5.80. The van der Waals surface area contributed by atoms with Gasteiger partial charge in [0.2, 0.25) is 5.91 Å². The Bertz CT molecular complexity index is 605. The number of para-hydroxylation sites is 1. The molecule has 0 radical (unpaired) electrons. The lowest BCUT2D eigenvalue weighted by Gasteiger charge is -2.22. The topological polar surface area (TPSA) is 64.6 Å². The SMILES string of the molecule is C#CCOc1cccc(C(=O)OC)c1NC(=O)C(C)(C)CCl. The van der Waals surface area contributed by atoms with Crippen LogP contribution in [0.25, 0.3) is 0 Å². The van der Waals surface area contributed by atoms with Crippen LogP contribution in [-0.2, 0) is 9.53 Å². The number of ether oxygens (including phenoxy) is 2. The number of hydrogen-bond donors (Lipinski definition) is 1. The van der Waals surface area contributed by atoms with Crippen LogP contribution < -0.4 is 10.1 Å². The second-order valence-electron chi connectivity index (χ2n) is 5.13. The quantitative estimate of drug-likeness (QED) is 0.496. The van der Waals surface area contributed by atoms with E-state index in [1.54, 1.807) is 26.0 Å². The fourth-order valence-electron chi connectivity index (χ4n) is 1.52. The van der Waals surface area contributed by atoms with Crippen LogP contribution in [0.1, 0.15) is 24.2 Å². The van der Waals surface area contributed by atoms with Gasteiger partial charge in [0.15, 0.2) is 0 Å². The van der Waals surface area contributed by atoms with Gasteiger partial charge < -0.3 is 14.8 Å². The number of rotatable bonds is 6. The summed E-state index contributed by atoms with van der Waals surface area (Å²) in [6, 6.07) is 4.74. The molecule has 1 aromatic rings. The summed E-state index contributed by atoms with van der Waals surface area (Å²) in [7, 11) is 1.26. The Balaban J connectivity index is 3.25. The normalized spacial score (nSPS) is 10.5. The van der Waals surface area contributed by atoms with Crippen LogP contribution >= 0.6 is 11.6 Å². The van der Waals surface area contributed by atoms with E-state index in [2.05, 4.69) is 11.2 Å². The molecular formula is C16H18ClNO4. The molecule has 0 spiro atoms. The van der Waals surface area contributed by atoms with Gasteiger partial charge in [-0.05, 0) is 26.0 Å². The number of methoxy groups -OCH3 is 1. The molecule has 0 fully saturated rings. The minimum atomic E-state index is -0.811. The third-order valence-electron chi connectivity index (χ3n) is 2.93. The highest BCUT2D eigenvalue weighted by atomic mass is 35.5. The molecule has 0 aromatic heterocycles. The first kappa shape index (κ1) is 17.9. The first-order chi connectivity index (χ1) is 10.4. The average Bonchev–Trinajstić information content (AvgIpc) is 2.52. The number of hydrogen-bond acceptors (Lipinski definition) is 4. The zero-order valence-corrected chi connectivity index (χ0v) is 13.5. The average molecular weight is 324 g/mol. The molecular weight excluding hydrogens is 306 g/mol. The van der Waals surface area contributed by atoms with E-state index in [1.165, 1.54) is 13.2 Å². The predicted molar refractivity (Wildman–Crippen MR) is 85.2 cm³/mol. The van der Waals surface area contributed by atoms with Gasteiger partial charge in [0.05, 0.1) is 23.8 Å². The Labute approximate surface area is 134 Å². The zero-order valence-electron chi connectivity index (χ0n) is 12.7. The number of halogens is 1. The van der Waals surface area contributed by atoms with E-state index in [-0.39, 0.29) is 29.6 Å². The number of nitrogens with one attached hydrogen (secondary N) is 1. The fraction of sp³-hybridized carbons (Fsp3) is 0.375. The van der Waals surface area contributed by atoms with E-state index in [0.29, 0.717) is 5.75 Å². The summed E-state index contributed by atoms with van der Waals surface area (Å²) in [4.78, 5) is 24.2. The van der Waals surface area contributed by atoms with Crippen molar-refractivity contribution in [1.82, 2.24) is 0 Å². The summed E-state index contributed by atoms with van der Waals surface area (Å²) in [6.07, 6.45) is 5.17. The Morgan fingerprint density at radius 3 is 2.64 bits per heavy atom. The lowest BCUT2D eigenvalue weighted by atomic mass is 9.95. The van der Waals surface area contributed by atoms with Crippen LogP contribution in [0, 0.1) is 17.8 Å². The van der Waals surface area contributed by atoms with Gasteiger partial charge in [0, 0.05) is 5.88 Å². The van der Waals surface area contributed by atoms with Crippen LogP contribution in [0.5, 0.6) is 5.75 Å². The number of carbonyl (C=O) groups is 2. The Kier molecular flexibility index (Phi) is 6.26. The van der Waals surface area contributed by atoms with E-state index in [4.69, 9.17) is 27.5 Å². The second kappa shape index (κ2) is 7.71. The van der Waals surface area contributed by atoms with Gasteiger partial charge in [-0.3, -0.25) is 4.79 Å². The van der Waals surface area contributed by atoms with Gasteiger partial charge in [-0.1, -0.05) is 12.0 Å². The molecule has 0 atom stereocenters. The number of amides is 1. The standard InChI is InChI=1S/C16H18ClNO4/c1-5-9-22-12-8-6-7-11(14(19)21-4)13(12)18-15(20)16(2,3)10-17/h1,6-8H,9-10H2,2-4H3,(H,18,20). The molecule has 0 bridgehead atoms. The lowest BCUT2D eigenvalue weighted by Crippen LogP contribution is -2.33. The van der Waals surface area contributed by atoms with Crippen molar-refractivity contribution in [3.63, 3.8) is 0 Å². The van der Waals surface area contributed by atoms with Gasteiger partial charge >= 0.3 is 5.97 Å². The monoisotopic (exact) mass is 323 g/mol. The molecule has 0 unspecified atom stereocenters. The van der Waals surface area contributed by atoms with Crippen molar-refractivity contribution in [3.8, 4) is 18.1 Å². The third kappa shape index (κ3) is 4.15. The maximum atomic E-state index is 12.3. The molecule has 1 aromatic carbocycles. The van der Waals surface area contributed by atoms with Crippen LogP contribution in [0.2, 0.25) is 0 Å². The fourth-order valence-corrected chi connectivity index (χ4v) is 1.64. The van der Waals surface area contributed by atoms with Gasteiger partial charge in [-0.25, -0.2) is 4.79 Å². The molecule has 22 heavy (non-hydrogen) atoms. The Hall–Kier alpha value is -2.19. The lowest BCUT2D eigenvalue weighted by molar-refractivity contribution is -0.122.